The van der Waals surface area contributed by atoms with Crippen LogP contribution in [0.1, 0.15) is 264 Å². The molecule has 2 fully saturated rings. The van der Waals surface area contributed by atoms with E-state index in [1.165, 1.54) is 167 Å². The number of hydrogen-bond donors (Lipinski definition) is 9. The molecule has 14 nitrogen and oxygen atoms in total. The number of carbonyl (C=O) groups is 1. The Hall–Kier alpha value is -2.05. The van der Waals surface area contributed by atoms with Crippen LogP contribution < -0.4 is 5.32 Å². The predicted octanol–water partition coefficient (Wildman–Crippen LogP) is 12.0. The highest BCUT2D eigenvalue weighted by molar-refractivity contribution is 5.76. The second-order valence-corrected chi connectivity index (χ2v) is 22.9. The first-order valence-electron chi connectivity index (χ1n) is 32.4. The minimum Gasteiger partial charge on any atom is -0.394 e. The monoisotopic (exact) mass is 1120 g/mol. The summed E-state index contributed by atoms with van der Waals surface area (Å²) in [5.74, 6) is -0.245. The standard InChI is InChI=1S/C65H119NO13/c1-3-5-7-9-11-13-15-17-19-20-21-22-23-24-25-26-27-28-29-30-31-32-33-35-36-38-40-42-44-46-48-54(69)53(66-57(70)49-47-45-43-41-39-37-34-18-16-14-12-10-8-6-4-2)52-76-64-62(75)60(73)63(56(51-68)78-64)79-65-61(74)59(72)58(71)55(50-67)77-65/h6,8,12,14,18,34,39,41,53-56,58-65,67-69,71-75H,3-5,7,9-11,13,15-17,19-33,35-38,40,42-52H2,1-2H3,(H,66,70)/b8-6-,14-12-,34-18-,41-39-. The van der Waals surface area contributed by atoms with Crippen LogP contribution in [0.5, 0.6) is 0 Å². The Morgan fingerprint density at radius 1 is 0.468 bits per heavy atom. The molecule has 14 heteroatoms. The number of amides is 1. The molecule has 0 aromatic heterocycles. The Morgan fingerprint density at radius 3 is 1.32 bits per heavy atom. The molecule has 2 aliphatic rings. The fourth-order valence-electron chi connectivity index (χ4n) is 10.6. The van der Waals surface area contributed by atoms with E-state index in [9.17, 15) is 45.6 Å². The van der Waals surface area contributed by atoms with Crippen LogP contribution in [0.25, 0.3) is 0 Å². The van der Waals surface area contributed by atoms with Gasteiger partial charge < -0.3 is 65.1 Å². The molecule has 0 aliphatic carbocycles. The van der Waals surface area contributed by atoms with Crippen molar-refractivity contribution in [2.24, 2.45) is 0 Å². The predicted molar refractivity (Wildman–Crippen MR) is 318 cm³/mol. The van der Waals surface area contributed by atoms with Gasteiger partial charge in [0.1, 0.15) is 48.8 Å². The van der Waals surface area contributed by atoms with Crippen LogP contribution >= 0.6 is 0 Å². The highest BCUT2D eigenvalue weighted by Crippen LogP contribution is 2.30. The average Bonchev–Trinajstić information content (AvgIpc) is 3.47. The first-order chi connectivity index (χ1) is 38.6. The SMILES string of the molecule is CC/C=C\C/C=C\C/C=C\C/C=C\CCCCC(=O)NC(COC1OC(CO)C(OC2OC(CO)C(O)C(O)C2O)C(O)C1O)C(O)CCCCCCCCCCCCCCCCCCCCCCCCCCCCCCCC. The molecule has 79 heavy (non-hydrogen) atoms. The fraction of sp³-hybridized carbons (Fsp3) is 0.862. The summed E-state index contributed by atoms with van der Waals surface area (Å²) in [5, 5.41) is 87.3. The summed E-state index contributed by atoms with van der Waals surface area (Å²) in [6, 6.07) is -0.853. The third kappa shape index (κ3) is 35.6. The van der Waals surface area contributed by atoms with Crippen LogP contribution in [-0.4, -0.2) is 140 Å². The Labute approximate surface area is 480 Å². The molecule has 12 unspecified atom stereocenters. The number of unbranched alkanes of at least 4 members (excludes halogenated alkanes) is 31. The summed E-state index contributed by atoms with van der Waals surface area (Å²) in [7, 11) is 0. The van der Waals surface area contributed by atoms with Crippen molar-refractivity contribution in [2.75, 3.05) is 19.8 Å². The first kappa shape index (κ1) is 73.1. The van der Waals surface area contributed by atoms with E-state index in [-0.39, 0.29) is 18.9 Å². The molecule has 2 saturated heterocycles. The fourth-order valence-corrected chi connectivity index (χ4v) is 10.6. The minimum absolute atomic E-state index is 0.245. The van der Waals surface area contributed by atoms with Crippen molar-refractivity contribution in [1.29, 1.82) is 0 Å². The molecule has 0 radical (unpaired) electrons. The molecule has 9 N–H and O–H groups in total. The van der Waals surface area contributed by atoms with E-state index in [0.717, 1.165) is 64.2 Å². The van der Waals surface area contributed by atoms with Crippen molar-refractivity contribution in [3.63, 3.8) is 0 Å². The molecule has 0 spiro atoms. The maximum Gasteiger partial charge on any atom is 0.220 e. The quantitative estimate of drug-likeness (QED) is 0.0204. The molecule has 0 aromatic carbocycles. The van der Waals surface area contributed by atoms with E-state index in [1.807, 2.05) is 0 Å². The van der Waals surface area contributed by atoms with E-state index in [1.54, 1.807) is 0 Å². The second-order valence-electron chi connectivity index (χ2n) is 22.9. The molecule has 462 valence electrons. The van der Waals surface area contributed by atoms with Crippen LogP contribution in [0.4, 0.5) is 0 Å². The number of nitrogens with one attached hydrogen (secondary N) is 1. The molecular formula is C65H119NO13. The number of aliphatic hydroxyl groups is 8. The third-order valence-corrected chi connectivity index (χ3v) is 15.8. The molecule has 0 saturated carbocycles. The van der Waals surface area contributed by atoms with E-state index < -0.39 is 86.8 Å². The molecule has 2 rings (SSSR count). The number of allylic oxidation sites excluding steroid dienone is 8. The van der Waals surface area contributed by atoms with Crippen LogP contribution in [0.3, 0.4) is 0 Å². The van der Waals surface area contributed by atoms with Crippen LogP contribution in [-0.2, 0) is 23.7 Å². The lowest BCUT2D eigenvalue weighted by Gasteiger charge is -2.46. The van der Waals surface area contributed by atoms with Crippen molar-refractivity contribution < 1.29 is 64.6 Å². The maximum absolute atomic E-state index is 13.3. The Kier molecular flexibility index (Phi) is 46.7. The molecule has 0 aromatic rings. The van der Waals surface area contributed by atoms with Crippen molar-refractivity contribution in [1.82, 2.24) is 5.32 Å². The highest BCUT2D eigenvalue weighted by atomic mass is 16.7. The van der Waals surface area contributed by atoms with Gasteiger partial charge in [0.25, 0.3) is 0 Å². The van der Waals surface area contributed by atoms with Gasteiger partial charge in [0.2, 0.25) is 5.91 Å². The Bertz CT molecular complexity index is 1510. The van der Waals surface area contributed by atoms with Gasteiger partial charge in [-0.1, -0.05) is 255 Å². The zero-order valence-electron chi connectivity index (χ0n) is 49.9. The molecular weight excluding hydrogens is 1000 g/mol. The van der Waals surface area contributed by atoms with Gasteiger partial charge in [0.15, 0.2) is 12.6 Å². The molecule has 12 atom stereocenters. The minimum atomic E-state index is -1.79. The molecule has 1 amide bonds. The zero-order valence-corrected chi connectivity index (χ0v) is 49.9. The van der Waals surface area contributed by atoms with Crippen molar-refractivity contribution in [3.8, 4) is 0 Å². The van der Waals surface area contributed by atoms with Gasteiger partial charge in [0, 0.05) is 6.42 Å². The number of aliphatic hydroxyl groups excluding tert-OH is 8. The van der Waals surface area contributed by atoms with Crippen molar-refractivity contribution >= 4 is 5.91 Å². The summed E-state index contributed by atoms with van der Waals surface area (Å²) in [4.78, 5) is 13.3. The van der Waals surface area contributed by atoms with Gasteiger partial charge in [-0.15, -0.1) is 0 Å². The van der Waals surface area contributed by atoms with E-state index in [2.05, 4.69) is 67.8 Å². The lowest BCUT2D eigenvalue weighted by molar-refractivity contribution is -0.359. The summed E-state index contributed by atoms with van der Waals surface area (Å²) in [6.45, 7) is 2.74. The second kappa shape index (κ2) is 50.5. The number of carbonyl (C=O) groups excluding carboxylic acids is 1. The van der Waals surface area contributed by atoms with E-state index in [0.29, 0.717) is 12.8 Å². The van der Waals surface area contributed by atoms with Crippen LogP contribution in [0, 0.1) is 0 Å². The summed E-state index contributed by atoms with van der Waals surface area (Å²) in [5.41, 5.74) is 0. The highest BCUT2D eigenvalue weighted by Gasteiger charge is 2.51. The molecule has 0 bridgehead atoms. The summed E-state index contributed by atoms with van der Waals surface area (Å²) in [6.07, 6.45) is 47.1. The Balaban J connectivity index is 1.67. The van der Waals surface area contributed by atoms with Crippen molar-refractivity contribution in [2.45, 2.75) is 338 Å². The van der Waals surface area contributed by atoms with Crippen LogP contribution in [0.2, 0.25) is 0 Å². The zero-order chi connectivity index (χ0) is 57.4. The first-order valence-corrected chi connectivity index (χ1v) is 32.4. The van der Waals surface area contributed by atoms with Crippen molar-refractivity contribution in [3.05, 3.63) is 48.6 Å². The van der Waals surface area contributed by atoms with E-state index in [4.69, 9.17) is 18.9 Å². The Morgan fingerprint density at radius 2 is 0.873 bits per heavy atom. The summed E-state index contributed by atoms with van der Waals surface area (Å²) >= 11 is 0. The van der Waals surface area contributed by atoms with Gasteiger partial charge in [-0.25, -0.2) is 0 Å². The lowest BCUT2D eigenvalue weighted by atomic mass is 9.97. The van der Waals surface area contributed by atoms with Gasteiger partial charge in [-0.05, 0) is 51.4 Å². The number of ether oxygens (including phenoxy) is 4. The van der Waals surface area contributed by atoms with Gasteiger partial charge in [-0.2, -0.15) is 0 Å². The molecule has 2 aliphatic heterocycles. The smallest absolute Gasteiger partial charge is 0.220 e. The van der Waals surface area contributed by atoms with Crippen LogP contribution in [0.15, 0.2) is 48.6 Å². The topological polar surface area (TPSA) is 228 Å². The summed E-state index contributed by atoms with van der Waals surface area (Å²) < 4.78 is 22.8. The van der Waals surface area contributed by atoms with Gasteiger partial charge in [-0.3, -0.25) is 4.79 Å². The lowest BCUT2D eigenvalue weighted by Crippen LogP contribution is -2.65. The largest absolute Gasteiger partial charge is 0.394 e. The average molecular weight is 1120 g/mol. The normalized spacial score (nSPS) is 24.7. The maximum atomic E-state index is 13.3. The third-order valence-electron chi connectivity index (χ3n) is 15.8. The van der Waals surface area contributed by atoms with Gasteiger partial charge >= 0.3 is 0 Å². The van der Waals surface area contributed by atoms with Gasteiger partial charge in [0.05, 0.1) is 32.0 Å². The van der Waals surface area contributed by atoms with E-state index >= 15 is 0 Å². The molecule has 2 heterocycles. The number of hydrogen-bond acceptors (Lipinski definition) is 13. The number of rotatable bonds is 52.